The summed E-state index contributed by atoms with van der Waals surface area (Å²) in [6, 6.07) is 7.17. The van der Waals surface area contributed by atoms with Gasteiger partial charge in [-0.05, 0) is 49.5 Å². The Morgan fingerprint density at radius 3 is 2.67 bits per heavy atom. The van der Waals surface area contributed by atoms with Gasteiger partial charge < -0.3 is 24.8 Å². The number of fused-ring (bicyclic) bond motifs is 2. The van der Waals surface area contributed by atoms with Crippen LogP contribution in [0.3, 0.4) is 0 Å². The number of piperazine rings is 1. The molecule has 0 aliphatic carbocycles. The predicted molar refractivity (Wildman–Crippen MR) is 182 cm³/mol. The molecule has 1 aromatic carbocycles. The number of thiazole rings is 1. The maximum absolute atomic E-state index is 13.8. The number of ether oxygens (including phenoxy) is 1. The van der Waals surface area contributed by atoms with Crippen LogP contribution < -0.4 is 10.2 Å². The van der Waals surface area contributed by atoms with Crippen molar-refractivity contribution in [2.45, 2.75) is 58.2 Å². The van der Waals surface area contributed by atoms with E-state index in [2.05, 4.69) is 77.0 Å². The fraction of sp³-hybridized carbons (Fsp3) is 0.531. The molecule has 0 unspecified atom stereocenters. The van der Waals surface area contributed by atoms with Gasteiger partial charge in [-0.1, -0.05) is 44.0 Å². The number of likely N-dealkylation sites (tertiary alicyclic amines) is 1. The van der Waals surface area contributed by atoms with Crippen molar-refractivity contribution in [3.63, 3.8) is 0 Å². The Kier molecular flexibility index (Phi) is 9.23. The van der Waals surface area contributed by atoms with Gasteiger partial charge in [0.2, 0.25) is 0 Å². The van der Waals surface area contributed by atoms with Crippen LogP contribution in [0.1, 0.15) is 31.4 Å². The second-order valence-corrected chi connectivity index (χ2v) is 20.4. The zero-order valence-corrected chi connectivity index (χ0v) is 28.8. The van der Waals surface area contributed by atoms with Crippen molar-refractivity contribution >= 4 is 63.2 Å². The normalized spacial score (nSPS) is 19.8. The van der Waals surface area contributed by atoms with E-state index in [0.29, 0.717) is 30.3 Å². The van der Waals surface area contributed by atoms with E-state index in [4.69, 9.17) is 9.72 Å². The number of nitrogens with zero attached hydrogens (tertiary/aromatic N) is 7. The van der Waals surface area contributed by atoms with Gasteiger partial charge in [0, 0.05) is 59.0 Å². The van der Waals surface area contributed by atoms with E-state index in [1.54, 1.807) is 39.5 Å². The van der Waals surface area contributed by atoms with Gasteiger partial charge in [0.1, 0.15) is 6.73 Å². The van der Waals surface area contributed by atoms with Crippen molar-refractivity contribution in [3.05, 3.63) is 42.4 Å². The number of carbonyl (C=O) groups excluding carboxylic acids is 2. The highest BCUT2D eigenvalue weighted by Crippen LogP contribution is 2.37. The van der Waals surface area contributed by atoms with Crippen molar-refractivity contribution in [3.8, 4) is 0 Å². The van der Waals surface area contributed by atoms with Gasteiger partial charge in [-0.15, -0.1) is 0 Å². The van der Waals surface area contributed by atoms with E-state index in [1.165, 1.54) is 0 Å². The number of piperidine rings is 1. The summed E-state index contributed by atoms with van der Waals surface area (Å²) in [6.45, 7) is 14.5. The number of benzene rings is 1. The van der Waals surface area contributed by atoms with Gasteiger partial charge in [0.05, 0.1) is 39.9 Å². The molecule has 11 nitrogen and oxygen atoms in total. The summed E-state index contributed by atoms with van der Waals surface area (Å²) in [5.74, 6) is -0.926. The standard InChI is InChI=1S/C32H44N8O3SSi/c1-22-6-8-27(23-7-9-28-25(16-23)36-32(44-28)38-12-10-37(2)11-13-38)39(20-22)31(42)30(41)35-26-19-33-17-24-18-34-40(29(24)26)21-43-14-15-45(3,4)5/h7,9,16-19,22,27H,6,8,10-15,20-21H2,1-5H3,(H,35,41)/t22-,27+/m0/s1. The van der Waals surface area contributed by atoms with Crippen LogP contribution in [-0.2, 0) is 21.1 Å². The summed E-state index contributed by atoms with van der Waals surface area (Å²) in [6.07, 6.45) is 6.74. The number of hydrogen-bond acceptors (Lipinski definition) is 9. The molecule has 2 fully saturated rings. The van der Waals surface area contributed by atoms with Gasteiger partial charge in [0.15, 0.2) is 5.13 Å². The lowest BCUT2D eigenvalue weighted by Crippen LogP contribution is -2.46. The summed E-state index contributed by atoms with van der Waals surface area (Å²) >= 11 is 1.72. The van der Waals surface area contributed by atoms with Crippen LogP contribution in [0.25, 0.3) is 21.1 Å². The van der Waals surface area contributed by atoms with Crippen LogP contribution in [0.5, 0.6) is 0 Å². The SMILES string of the molecule is C[C@H]1CC[C@H](c2ccc3sc(N4CCN(C)CC4)nc3c2)N(C(=O)C(=O)Nc2cncc3cnn(COCC[Si](C)(C)C)c23)C1. The quantitative estimate of drug-likeness (QED) is 0.161. The van der Waals surface area contributed by atoms with Crippen LogP contribution in [0.4, 0.5) is 10.8 Å². The molecule has 0 saturated carbocycles. The zero-order valence-electron chi connectivity index (χ0n) is 27.0. The largest absolute Gasteiger partial charge is 0.360 e. The average Bonchev–Trinajstić information content (AvgIpc) is 3.63. The lowest BCUT2D eigenvalue weighted by molar-refractivity contribution is -0.146. The second kappa shape index (κ2) is 13.1. The highest BCUT2D eigenvalue weighted by molar-refractivity contribution is 7.22. The molecule has 2 atom stereocenters. The first-order chi connectivity index (χ1) is 21.6. The lowest BCUT2D eigenvalue weighted by Gasteiger charge is -2.38. The molecule has 2 aliphatic heterocycles. The van der Waals surface area contributed by atoms with Crippen LogP contribution in [-0.4, -0.2) is 95.8 Å². The molecule has 2 amide bonds. The molecule has 0 radical (unpaired) electrons. The number of amides is 2. The van der Waals surface area contributed by atoms with E-state index in [9.17, 15) is 9.59 Å². The van der Waals surface area contributed by atoms with Crippen molar-refractivity contribution in [2.75, 3.05) is 56.6 Å². The molecular formula is C32H44N8O3SSi. The fourth-order valence-corrected chi connectivity index (χ4v) is 7.82. The molecule has 5 heterocycles. The van der Waals surface area contributed by atoms with Crippen molar-refractivity contribution in [2.24, 2.45) is 5.92 Å². The Bertz CT molecular complexity index is 1680. The summed E-state index contributed by atoms with van der Waals surface area (Å²) in [5.41, 5.74) is 3.09. The molecule has 4 aromatic rings. The van der Waals surface area contributed by atoms with Gasteiger partial charge in [0.25, 0.3) is 0 Å². The highest BCUT2D eigenvalue weighted by Gasteiger charge is 2.35. The minimum absolute atomic E-state index is 0.197. The molecule has 3 aromatic heterocycles. The maximum Gasteiger partial charge on any atom is 0.314 e. The van der Waals surface area contributed by atoms with Crippen LogP contribution >= 0.6 is 11.3 Å². The first-order valence-corrected chi connectivity index (χ1v) is 20.4. The molecule has 1 N–H and O–H groups in total. The Morgan fingerprint density at radius 2 is 1.89 bits per heavy atom. The molecule has 240 valence electrons. The summed E-state index contributed by atoms with van der Waals surface area (Å²) in [7, 11) is 0.929. The number of carbonyl (C=O) groups is 2. The van der Waals surface area contributed by atoms with Crippen molar-refractivity contribution in [1.29, 1.82) is 0 Å². The predicted octanol–water partition coefficient (Wildman–Crippen LogP) is 5.04. The second-order valence-electron chi connectivity index (χ2n) is 13.7. The Balaban J connectivity index is 1.19. The molecule has 2 aliphatic rings. The van der Waals surface area contributed by atoms with E-state index in [0.717, 1.165) is 71.4 Å². The fourth-order valence-electron chi connectivity index (χ4n) is 6.06. The van der Waals surface area contributed by atoms with E-state index in [1.807, 2.05) is 0 Å². The monoisotopic (exact) mass is 648 g/mol. The van der Waals surface area contributed by atoms with E-state index in [-0.39, 0.29) is 12.8 Å². The van der Waals surface area contributed by atoms with Gasteiger partial charge in [-0.25, -0.2) is 9.67 Å². The molecule has 0 bridgehead atoms. The third kappa shape index (κ3) is 7.21. The van der Waals surface area contributed by atoms with Crippen LogP contribution in [0.2, 0.25) is 25.7 Å². The maximum atomic E-state index is 13.8. The summed E-state index contributed by atoms with van der Waals surface area (Å²) < 4.78 is 8.78. The smallest absolute Gasteiger partial charge is 0.314 e. The Morgan fingerprint density at radius 1 is 1.09 bits per heavy atom. The summed E-state index contributed by atoms with van der Waals surface area (Å²) in [4.78, 5) is 43.1. The third-order valence-electron chi connectivity index (χ3n) is 8.83. The number of likely N-dealkylation sites (N-methyl/N-ethyl adjacent to an activating group) is 1. The molecular weight excluding hydrogens is 605 g/mol. The molecule has 6 rings (SSSR count). The number of pyridine rings is 1. The molecule has 0 spiro atoms. The van der Waals surface area contributed by atoms with Gasteiger partial charge >= 0.3 is 11.8 Å². The minimum atomic E-state index is -1.22. The lowest BCUT2D eigenvalue weighted by atomic mass is 9.89. The molecule has 2 saturated heterocycles. The van der Waals surface area contributed by atoms with Crippen molar-refractivity contribution in [1.82, 2.24) is 29.5 Å². The zero-order chi connectivity index (χ0) is 31.7. The van der Waals surface area contributed by atoms with E-state index >= 15 is 0 Å². The number of aromatic nitrogens is 4. The molecule has 45 heavy (non-hydrogen) atoms. The van der Waals surface area contributed by atoms with Crippen LogP contribution in [0, 0.1) is 5.92 Å². The Hall–Kier alpha value is -3.39. The first-order valence-electron chi connectivity index (χ1n) is 15.9. The molecule has 13 heteroatoms. The number of rotatable bonds is 8. The number of hydrogen-bond donors (Lipinski definition) is 1. The van der Waals surface area contributed by atoms with Gasteiger partial charge in [-0.2, -0.15) is 5.10 Å². The summed E-state index contributed by atoms with van der Waals surface area (Å²) in [5, 5.41) is 9.13. The van der Waals surface area contributed by atoms with Crippen molar-refractivity contribution < 1.29 is 14.3 Å². The van der Waals surface area contributed by atoms with E-state index < -0.39 is 19.9 Å². The number of anilines is 2. The minimum Gasteiger partial charge on any atom is -0.360 e. The Labute approximate surface area is 269 Å². The van der Waals surface area contributed by atoms with Crippen LogP contribution in [0.15, 0.2) is 36.8 Å². The highest BCUT2D eigenvalue weighted by atomic mass is 32.1. The third-order valence-corrected chi connectivity index (χ3v) is 11.6. The number of nitrogens with one attached hydrogen (secondary N) is 1. The average molecular weight is 649 g/mol. The topological polar surface area (TPSA) is 109 Å². The first kappa shape index (κ1) is 31.6. The van der Waals surface area contributed by atoms with Gasteiger partial charge in [-0.3, -0.25) is 14.6 Å².